The molecule has 3 rings (SSSR count). The van der Waals surface area contributed by atoms with Gasteiger partial charge in [-0.15, -0.1) is 0 Å². The molecule has 1 aromatic carbocycles. The van der Waals surface area contributed by atoms with Crippen LogP contribution in [0, 0.1) is 5.92 Å². The molecule has 1 atom stereocenters. The molecule has 7 nitrogen and oxygen atoms in total. The van der Waals surface area contributed by atoms with Crippen LogP contribution in [-0.4, -0.2) is 47.6 Å². The molecule has 2 aromatic rings. The van der Waals surface area contributed by atoms with E-state index in [9.17, 15) is 9.59 Å². The first-order valence-electron chi connectivity index (χ1n) is 10.7. The van der Waals surface area contributed by atoms with Gasteiger partial charge >= 0.3 is 6.03 Å². The lowest BCUT2D eigenvalue weighted by Gasteiger charge is -2.34. The van der Waals surface area contributed by atoms with Gasteiger partial charge in [0.1, 0.15) is 5.75 Å². The number of pyridine rings is 1. The molecule has 7 heteroatoms. The Labute approximate surface area is 184 Å². The minimum absolute atomic E-state index is 0.0117. The summed E-state index contributed by atoms with van der Waals surface area (Å²) in [7, 11) is 1.63. The Bertz CT molecular complexity index is 870. The predicted octanol–water partition coefficient (Wildman–Crippen LogP) is 3.52. The van der Waals surface area contributed by atoms with Crippen LogP contribution in [0.4, 0.5) is 4.79 Å². The molecule has 2 N–H and O–H groups in total. The summed E-state index contributed by atoms with van der Waals surface area (Å²) in [6, 6.07) is 12.9. The Kier molecular flexibility index (Phi) is 7.15. The fourth-order valence-electron chi connectivity index (χ4n) is 3.68. The normalized spacial score (nSPS) is 15.8. The number of likely N-dealkylation sites (tertiary alicyclic amines) is 1. The van der Waals surface area contributed by atoms with Gasteiger partial charge in [-0.3, -0.25) is 9.78 Å². The molecule has 1 saturated heterocycles. The molecule has 166 valence electrons. The highest BCUT2D eigenvalue weighted by Gasteiger charge is 2.30. The van der Waals surface area contributed by atoms with E-state index in [1.165, 1.54) is 0 Å². The number of carbonyl (C=O) groups excluding carboxylic acids is 2. The summed E-state index contributed by atoms with van der Waals surface area (Å²) in [5.41, 5.74) is 1.44. The zero-order valence-electron chi connectivity index (χ0n) is 18.7. The van der Waals surface area contributed by atoms with Gasteiger partial charge in [-0.1, -0.05) is 18.2 Å². The van der Waals surface area contributed by atoms with Crippen molar-refractivity contribution >= 4 is 11.9 Å². The lowest BCUT2D eigenvalue weighted by atomic mass is 9.94. The van der Waals surface area contributed by atoms with Crippen molar-refractivity contribution in [2.75, 3.05) is 20.2 Å². The van der Waals surface area contributed by atoms with Gasteiger partial charge < -0.3 is 20.3 Å². The molecular weight excluding hydrogens is 392 g/mol. The molecule has 0 bridgehead atoms. The van der Waals surface area contributed by atoms with Crippen molar-refractivity contribution in [1.29, 1.82) is 0 Å². The molecule has 0 aliphatic carbocycles. The first kappa shape index (κ1) is 22.6. The average molecular weight is 425 g/mol. The standard InChI is InChI=1S/C24H32N4O3/c1-24(2,3)27-23(30)28-15-12-18(13-16-28)22(29)26-21(20-7-5-6-14-25-20)17-8-10-19(31-4)11-9-17/h5-11,14,18,21H,12-13,15-16H2,1-4H3,(H,26,29)(H,27,30). The molecule has 1 unspecified atom stereocenters. The van der Waals surface area contributed by atoms with E-state index in [-0.39, 0.29) is 29.4 Å². The number of urea groups is 1. The quantitative estimate of drug-likeness (QED) is 0.769. The van der Waals surface area contributed by atoms with Gasteiger partial charge in [-0.05, 0) is 63.4 Å². The maximum Gasteiger partial charge on any atom is 0.317 e. The second-order valence-electron chi connectivity index (χ2n) is 8.91. The van der Waals surface area contributed by atoms with Crippen LogP contribution in [0.15, 0.2) is 48.7 Å². The number of hydrogen-bond donors (Lipinski definition) is 2. The van der Waals surface area contributed by atoms with Crippen LogP contribution in [0.25, 0.3) is 0 Å². The summed E-state index contributed by atoms with van der Waals surface area (Å²) >= 11 is 0. The van der Waals surface area contributed by atoms with Gasteiger partial charge in [0.05, 0.1) is 18.8 Å². The molecule has 2 heterocycles. The number of benzene rings is 1. The monoisotopic (exact) mass is 424 g/mol. The lowest BCUT2D eigenvalue weighted by Crippen LogP contribution is -2.51. The van der Waals surface area contributed by atoms with E-state index >= 15 is 0 Å². The molecular formula is C24H32N4O3. The van der Waals surface area contributed by atoms with Crippen molar-refractivity contribution < 1.29 is 14.3 Å². The highest BCUT2D eigenvalue weighted by molar-refractivity contribution is 5.80. The second-order valence-corrected chi connectivity index (χ2v) is 8.91. The number of ether oxygens (including phenoxy) is 1. The van der Waals surface area contributed by atoms with Gasteiger partial charge in [0.15, 0.2) is 0 Å². The molecule has 0 radical (unpaired) electrons. The maximum absolute atomic E-state index is 13.1. The smallest absolute Gasteiger partial charge is 0.317 e. The Morgan fingerprint density at radius 1 is 1.10 bits per heavy atom. The van der Waals surface area contributed by atoms with E-state index in [0.29, 0.717) is 25.9 Å². The van der Waals surface area contributed by atoms with Crippen molar-refractivity contribution in [3.63, 3.8) is 0 Å². The maximum atomic E-state index is 13.1. The summed E-state index contributed by atoms with van der Waals surface area (Å²) in [6.45, 7) is 7.01. The largest absolute Gasteiger partial charge is 0.497 e. The molecule has 1 aromatic heterocycles. The van der Waals surface area contributed by atoms with Crippen LogP contribution in [-0.2, 0) is 4.79 Å². The van der Waals surface area contributed by atoms with Gasteiger partial charge in [0.25, 0.3) is 0 Å². The minimum Gasteiger partial charge on any atom is -0.497 e. The number of hydrogen-bond acceptors (Lipinski definition) is 4. The average Bonchev–Trinajstić information content (AvgIpc) is 2.77. The molecule has 1 fully saturated rings. The Balaban J connectivity index is 1.66. The van der Waals surface area contributed by atoms with E-state index in [4.69, 9.17) is 4.74 Å². The third-order valence-electron chi connectivity index (χ3n) is 5.35. The summed E-state index contributed by atoms with van der Waals surface area (Å²) < 4.78 is 5.25. The van der Waals surface area contributed by atoms with Crippen LogP contribution < -0.4 is 15.4 Å². The van der Waals surface area contributed by atoms with Crippen LogP contribution in [0.5, 0.6) is 5.75 Å². The highest BCUT2D eigenvalue weighted by atomic mass is 16.5. The number of carbonyl (C=O) groups is 2. The Morgan fingerprint density at radius 3 is 2.32 bits per heavy atom. The number of rotatable bonds is 5. The van der Waals surface area contributed by atoms with E-state index in [1.807, 2.05) is 63.2 Å². The first-order valence-corrected chi connectivity index (χ1v) is 10.7. The number of nitrogens with zero attached hydrogens (tertiary/aromatic N) is 2. The molecule has 1 aliphatic heterocycles. The molecule has 1 aliphatic rings. The Hall–Kier alpha value is -3.09. The van der Waals surface area contributed by atoms with E-state index in [0.717, 1.165) is 17.0 Å². The fourth-order valence-corrected chi connectivity index (χ4v) is 3.68. The molecule has 0 spiro atoms. The van der Waals surface area contributed by atoms with Crippen LogP contribution in [0.3, 0.4) is 0 Å². The topological polar surface area (TPSA) is 83.6 Å². The first-order chi connectivity index (χ1) is 14.8. The molecule has 0 saturated carbocycles. The predicted molar refractivity (Wildman–Crippen MR) is 120 cm³/mol. The minimum atomic E-state index is -0.346. The van der Waals surface area contributed by atoms with Gasteiger partial charge in [-0.25, -0.2) is 4.79 Å². The summed E-state index contributed by atoms with van der Waals surface area (Å²) in [5, 5.41) is 6.16. The van der Waals surface area contributed by atoms with Gasteiger partial charge in [-0.2, -0.15) is 0 Å². The van der Waals surface area contributed by atoms with E-state index in [2.05, 4.69) is 15.6 Å². The zero-order valence-corrected chi connectivity index (χ0v) is 18.7. The Morgan fingerprint density at radius 2 is 1.77 bits per heavy atom. The number of aromatic nitrogens is 1. The summed E-state index contributed by atoms with van der Waals surface area (Å²) in [5.74, 6) is 0.612. The second kappa shape index (κ2) is 9.81. The van der Waals surface area contributed by atoms with Crippen molar-refractivity contribution in [2.45, 2.75) is 45.2 Å². The van der Waals surface area contributed by atoms with Gasteiger partial charge in [0, 0.05) is 30.7 Å². The zero-order chi connectivity index (χ0) is 22.4. The third-order valence-corrected chi connectivity index (χ3v) is 5.35. The van der Waals surface area contributed by atoms with Crippen LogP contribution in [0.2, 0.25) is 0 Å². The fraction of sp³-hybridized carbons (Fsp3) is 0.458. The van der Waals surface area contributed by atoms with Crippen molar-refractivity contribution in [2.24, 2.45) is 5.92 Å². The lowest BCUT2D eigenvalue weighted by molar-refractivity contribution is -0.126. The third kappa shape index (κ3) is 6.20. The van der Waals surface area contributed by atoms with Crippen LogP contribution >= 0.6 is 0 Å². The van der Waals surface area contributed by atoms with Gasteiger partial charge in [0.2, 0.25) is 5.91 Å². The van der Waals surface area contributed by atoms with Crippen molar-refractivity contribution in [3.05, 3.63) is 59.9 Å². The van der Waals surface area contributed by atoms with Crippen molar-refractivity contribution in [3.8, 4) is 5.75 Å². The highest BCUT2D eigenvalue weighted by Crippen LogP contribution is 2.25. The molecule has 31 heavy (non-hydrogen) atoms. The van der Waals surface area contributed by atoms with Crippen LogP contribution in [0.1, 0.15) is 50.9 Å². The van der Waals surface area contributed by atoms with E-state index in [1.54, 1.807) is 18.2 Å². The number of amides is 3. The number of methoxy groups -OCH3 is 1. The van der Waals surface area contributed by atoms with E-state index < -0.39 is 0 Å². The number of nitrogens with one attached hydrogen (secondary N) is 2. The SMILES string of the molecule is COc1ccc(C(NC(=O)C2CCN(C(=O)NC(C)(C)C)CC2)c2ccccn2)cc1. The summed E-state index contributed by atoms with van der Waals surface area (Å²) in [6.07, 6.45) is 3.01. The molecule has 3 amide bonds. The van der Waals surface area contributed by atoms with Crippen molar-refractivity contribution in [1.82, 2.24) is 20.5 Å². The number of piperidine rings is 1. The summed E-state index contributed by atoms with van der Waals surface area (Å²) in [4.78, 5) is 31.7.